The predicted molar refractivity (Wildman–Crippen MR) is 62.2 cm³/mol. The Bertz CT molecular complexity index is 353. The third kappa shape index (κ3) is 3.34. The molecule has 0 radical (unpaired) electrons. The van der Waals surface area contributed by atoms with Crippen LogP contribution in [0.3, 0.4) is 0 Å². The molecule has 0 saturated carbocycles. The predicted octanol–water partition coefficient (Wildman–Crippen LogP) is 2.91. The maximum absolute atomic E-state index is 11.6. The molecule has 1 aromatic heterocycles. The summed E-state index contributed by atoms with van der Waals surface area (Å²) in [6, 6.07) is 1.74. The molecule has 1 rings (SSSR count). The highest BCUT2D eigenvalue weighted by Gasteiger charge is 2.24. The fraction of sp³-hybridized carbons (Fsp3) is 0.600. The van der Waals surface area contributed by atoms with E-state index in [1.54, 1.807) is 19.9 Å². The molecule has 1 N–H and O–H groups in total. The van der Waals surface area contributed by atoms with E-state index in [2.05, 4.69) is 26.4 Å². The molecule has 0 aliphatic carbocycles. The van der Waals surface area contributed by atoms with E-state index in [4.69, 9.17) is 4.52 Å². The van der Waals surface area contributed by atoms with E-state index >= 15 is 0 Å². The van der Waals surface area contributed by atoms with E-state index in [9.17, 15) is 4.79 Å². The molecule has 0 aliphatic heterocycles. The Morgan fingerprint density at radius 1 is 1.60 bits per heavy atom. The molecule has 15 heavy (non-hydrogen) atoms. The van der Waals surface area contributed by atoms with Gasteiger partial charge < -0.3 is 4.52 Å². The third-order valence-corrected chi connectivity index (χ3v) is 2.26. The average Bonchev–Trinajstić information content (AvgIpc) is 2.50. The van der Waals surface area contributed by atoms with Crippen LogP contribution >= 0.6 is 15.9 Å². The lowest BCUT2D eigenvalue weighted by molar-refractivity contribution is -0.117. The van der Waals surface area contributed by atoms with E-state index in [1.165, 1.54) is 0 Å². The molecular formula is C10H15BrN2O2. The number of hydrogen-bond acceptors (Lipinski definition) is 3. The zero-order chi connectivity index (χ0) is 11.6. The summed E-state index contributed by atoms with van der Waals surface area (Å²) in [5, 5.41) is 6.49. The number of nitrogens with zero attached hydrogens (tertiary/aromatic N) is 1. The van der Waals surface area contributed by atoms with Gasteiger partial charge in [0.15, 0.2) is 0 Å². The van der Waals surface area contributed by atoms with E-state index < -0.39 is 4.32 Å². The van der Waals surface area contributed by atoms with Crippen molar-refractivity contribution in [1.29, 1.82) is 0 Å². The van der Waals surface area contributed by atoms with Crippen molar-refractivity contribution in [2.45, 2.75) is 37.9 Å². The molecule has 0 aliphatic rings. The van der Waals surface area contributed by atoms with Crippen LogP contribution in [0.5, 0.6) is 0 Å². The number of carbonyl (C=O) groups excluding carboxylic acids is 1. The first-order chi connectivity index (χ1) is 6.80. The summed E-state index contributed by atoms with van der Waals surface area (Å²) in [4.78, 5) is 11.6. The molecule has 84 valence electrons. The topological polar surface area (TPSA) is 55.1 Å². The van der Waals surface area contributed by atoms with E-state index in [-0.39, 0.29) is 11.8 Å². The third-order valence-electron chi connectivity index (χ3n) is 1.90. The van der Waals surface area contributed by atoms with Crippen molar-refractivity contribution in [3.63, 3.8) is 0 Å². The molecule has 0 spiro atoms. The summed E-state index contributed by atoms with van der Waals surface area (Å²) in [6.45, 7) is 7.56. The van der Waals surface area contributed by atoms with Crippen LogP contribution < -0.4 is 5.32 Å². The smallest absolute Gasteiger partial charge is 0.243 e. The number of hydrogen-bond donors (Lipinski definition) is 1. The van der Waals surface area contributed by atoms with Crippen LogP contribution in [-0.4, -0.2) is 15.4 Å². The number of amides is 1. The molecule has 0 aromatic carbocycles. The molecular weight excluding hydrogens is 260 g/mol. The van der Waals surface area contributed by atoms with Gasteiger partial charge in [-0.2, -0.15) is 0 Å². The van der Waals surface area contributed by atoms with Crippen LogP contribution in [0.15, 0.2) is 10.6 Å². The minimum atomic E-state index is -0.613. The Morgan fingerprint density at radius 2 is 2.20 bits per heavy atom. The lowest BCUT2D eigenvalue weighted by Gasteiger charge is -2.13. The van der Waals surface area contributed by atoms with E-state index in [1.807, 2.05) is 13.8 Å². The van der Waals surface area contributed by atoms with Gasteiger partial charge in [0.2, 0.25) is 11.8 Å². The molecule has 0 saturated heterocycles. The molecule has 4 nitrogen and oxygen atoms in total. The van der Waals surface area contributed by atoms with Gasteiger partial charge in [0.05, 0.1) is 10.0 Å². The summed E-state index contributed by atoms with van der Waals surface area (Å²) in [6.07, 6.45) is 0. The van der Waals surface area contributed by atoms with Gasteiger partial charge in [0.25, 0.3) is 0 Å². The van der Waals surface area contributed by atoms with Crippen LogP contribution in [0, 0.1) is 0 Å². The summed E-state index contributed by atoms with van der Waals surface area (Å²) in [5.74, 6) is 0.515. The van der Waals surface area contributed by atoms with Gasteiger partial charge in [-0.1, -0.05) is 34.9 Å². The number of nitrogens with one attached hydrogen (secondary N) is 1. The first kappa shape index (κ1) is 12.2. The van der Waals surface area contributed by atoms with Crippen molar-refractivity contribution in [1.82, 2.24) is 5.16 Å². The Kier molecular flexibility index (Phi) is 3.54. The van der Waals surface area contributed by atoms with Gasteiger partial charge in [0.1, 0.15) is 0 Å². The van der Waals surface area contributed by atoms with E-state index in [0.717, 1.165) is 5.69 Å². The number of rotatable bonds is 3. The zero-order valence-electron chi connectivity index (χ0n) is 9.30. The minimum absolute atomic E-state index is 0.158. The second kappa shape index (κ2) is 4.35. The minimum Gasteiger partial charge on any atom is -0.338 e. The standard InChI is InChI=1S/C10H15BrN2O2/c1-6(2)7-5-8(15-13-7)12-9(14)10(3,4)11/h5-6H,1-4H3,(H,12,14). The normalized spacial score (nSPS) is 11.9. The lowest BCUT2D eigenvalue weighted by Crippen LogP contribution is -2.30. The quantitative estimate of drug-likeness (QED) is 0.863. The molecule has 1 heterocycles. The highest BCUT2D eigenvalue weighted by Crippen LogP contribution is 2.21. The van der Waals surface area contributed by atoms with Gasteiger partial charge in [-0.3, -0.25) is 10.1 Å². The lowest BCUT2D eigenvalue weighted by atomic mass is 10.1. The zero-order valence-corrected chi connectivity index (χ0v) is 10.9. The van der Waals surface area contributed by atoms with Gasteiger partial charge in [-0.25, -0.2) is 0 Å². The van der Waals surface area contributed by atoms with Gasteiger partial charge in [-0.15, -0.1) is 0 Å². The maximum Gasteiger partial charge on any atom is 0.243 e. The maximum atomic E-state index is 11.6. The number of anilines is 1. The van der Waals surface area contributed by atoms with Crippen molar-refractivity contribution in [2.75, 3.05) is 5.32 Å². The van der Waals surface area contributed by atoms with Crippen LogP contribution in [0.2, 0.25) is 0 Å². The second-order valence-corrected chi connectivity index (χ2v) is 6.18. The summed E-state index contributed by atoms with van der Waals surface area (Å²) >= 11 is 3.26. The Labute approximate surface area is 97.5 Å². The fourth-order valence-corrected chi connectivity index (χ4v) is 0.980. The molecule has 0 unspecified atom stereocenters. The van der Waals surface area contributed by atoms with Crippen LogP contribution in [-0.2, 0) is 4.79 Å². The highest BCUT2D eigenvalue weighted by molar-refractivity contribution is 9.10. The summed E-state index contributed by atoms with van der Waals surface area (Å²) < 4.78 is 4.38. The monoisotopic (exact) mass is 274 g/mol. The van der Waals surface area contributed by atoms with Crippen molar-refractivity contribution >= 4 is 27.7 Å². The first-order valence-corrected chi connectivity index (χ1v) is 5.57. The molecule has 0 atom stereocenters. The second-order valence-electron chi connectivity index (χ2n) is 4.20. The van der Waals surface area contributed by atoms with Crippen LogP contribution in [0.4, 0.5) is 5.88 Å². The summed E-state index contributed by atoms with van der Waals surface area (Å²) in [7, 11) is 0. The average molecular weight is 275 g/mol. The number of alkyl halides is 1. The largest absolute Gasteiger partial charge is 0.338 e. The molecule has 0 bridgehead atoms. The van der Waals surface area contributed by atoms with E-state index in [0.29, 0.717) is 5.88 Å². The Morgan fingerprint density at radius 3 is 2.60 bits per heavy atom. The number of aromatic nitrogens is 1. The Hall–Kier alpha value is -0.840. The number of halogens is 1. The van der Waals surface area contributed by atoms with Crippen LogP contribution in [0.25, 0.3) is 0 Å². The molecule has 5 heteroatoms. The van der Waals surface area contributed by atoms with Crippen molar-refractivity contribution in [3.8, 4) is 0 Å². The fourth-order valence-electron chi connectivity index (χ4n) is 0.880. The highest BCUT2D eigenvalue weighted by atomic mass is 79.9. The van der Waals surface area contributed by atoms with Crippen molar-refractivity contribution < 1.29 is 9.32 Å². The van der Waals surface area contributed by atoms with Crippen LogP contribution in [0.1, 0.15) is 39.3 Å². The number of carbonyl (C=O) groups is 1. The van der Waals surface area contributed by atoms with Gasteiger partial charge >= 0.3 is 0 Å². The molecule has 1 aromatic rings. The van der Waals surface area contributed by atoms with Crippen molar-refractivity contribution in [3.05, 3.63) is 11.8 Å². The SMILES string of the molecule is CC(C)c1cc(NC(=O)C(C)(C)Br)on1. The first-order valence-electron chi connectivity index (χ1n) is 4.77. The Balaban J connectivity index is 2.70. The van der Waals surface area contributed by atoms with Gasteiger partial charge in [-0.05, 0) is 19.8 Å². The van der Waals surface area contributed by atoms with Crippen molar-refractivity contribution in [2.24, 2.45) is 0 Å². The molecule has 0 fully saturated rings. The van der Waals surface area contributed by atoms with Gasteiger partial charge in [0, 0.05) is 6.07 Å². The molecule has 1 amide bonds. The summed E-state index contributed by atoms with van der Waals surface area (Å²) in [5.41, 5.74) is 0.831.